The molecule has 2 saturated heterocycles. The van der Waals surface area contributed by atoms with Gasteiger partial charge in [-0.15, -0.1) is 0 Å². The van der Waals surface area contributed by atoms with Gasteiger partial charge in [-0.2, -0.15) is 0 Å². The van der Waals surface area contributed by atoms with E-state index in [1.807, 2.05) is 11.0 Å². The molecule has 0 saturated carbocycles. The lowest BCUT2D eigenvalue weighted by molar-refractivity contribution is -0.146. The highest BCUT2D eigenvalue weighted by molar-refractivity contribution is 5.85. The van der Waals surface area contributed by atoms with Crippen molar-refractivity contribution in [2.45, 2.75) is 44.6 Å². The number of halogens is 1. The maximum Gasteiger partial charge on any atom is 0.228 e. The Morgan fingerprint density at radius 2 is 1.88 bits per heavy atom. The van der Waals surface area contributed by atoms with Crippen LogP contribution in [0.2, 0.25) is 0 Å². The maximum absolute atomic E-state index is 13.7. The van der Waals surface area contributed by atoms with E-state index in [-0.39, 0.29) is 29.6 Å². The molecule has 2 atom stereocenters. The normalized spacial score (nSPS) is 25.5. The van der Waals surface area contributed by atoms with E-state index in [2.05, 4.69) is 0 Å². The number of rotatable bonds is 2. The molecule has 1 aromatic carbocycles. The first-order valence-electron chi connectivity index (χ1n) is 8.88. The van der Waals surface area contributed by atoms with E-state index in [4.69, 9.17) is 0 Å². The summed E-state index contributed by atoms with van der Waals surface area (Å²) < 4.78 is 13.7. The minimum Gasteiger partial charge on any atom is -0.342 e. The van der Waals surface area contributed by atoms with Gasteiger partial charge in [0.15, 0.2) is 0 Å². The third-order valence-corrected chi connectivity index (χ3v) is 5.29. The smallest absolute Gasteiger partial charge is 0.228 e. The Balaban J connectivity index is 1.88. The molecule has 0 aromatic heterocycles. The van der Waals surface area contributed by atoms with Crippen LogP contribution in [0.15, 0.2) is 24.3 Å². The van der Waals surface area contributed by atoms with Crippen LogP contribution in [0.25, 0.3) is 0 Å². The fraction of sp³-hybridized carbons (Fsp3) is 0.579. The van der Waals surface area contributed by atoms with Crippen LogP contribution in [0.4, 0.5) is 4.39 Å². The van der Waals surface area contributed by atoms with Crippen LogP contribution in [-0.4, -0.2) is 41.8 Å². The van der Waals surface area contributed by atoms with Crippen molar-refractivity contribution in [3.8, 4) is 0 Å². The zero-order valence-corrected chi connectivity index (χ0v) is 14.2. The van der Waals surface area contributed by atoms with Gasteiger partial charge in [-0.25, -0.2) is 4.39 Å². The molecule has 0 spiro atoms. The Morgan fingerprint density at radius 3 is 2.54 bits per heavy atom. The van der Waals surface area contributed by atoms with Gasteiger partial charge in [0.05, 0.1) is 12.0 Å². The third kappa shape index (κ3) is 3.45. The van der Waals surface area contributed by atoms with Crippen LogP contribution in [0.5, 0.6) is 0 Å². The van der Waals surface area contributed by atoms with Crippen molar-refractivity contribution in [1.82, 2.24) is 9.80 Å². The number of nitrogens with zero attached hydrogens (tertiary/aromatic N) is 2. The molecular formula is C19H25FN2O2. The van der Waals surface area contributed by atoms with Crippen LogP contribution in [-0.2, 0) is 9.59 Å². The van der Waals surface area contributed by atoms with E-state index < -0.39 is 0 Å². The van der Waals surface area contributed by atoms with Gasteiger partial charge < -0.3 is 9.80 Å². The second-order valence-corrected chi connectivity index (χ2v) is 6.89. The molecular weight excluding hydrogens is 307 g/mol. The number of piperidine rings is 1. The maximum atomic E-state index is 13.7. The Labute approximate surface area is 142 Å². The molecule has 4 nitrogen and oxygen atoms in total. The highest BCUT2D eigenvalue weighted by atomic mass is 19.1. The average Bonchev–Trinajstić information content (AvgIpc) is 2.86. The minimum atomic E-state index is -0.377. The van der Waals surface area contributed by atoms with Crippen LogP contribution >= 0.6 is 0 Å². The predicted octanol–water partition coefficient (Wildman–Crippen LogP) is 3.14. The van der Waals surface area contributed by atoms with Gasteiger partial charge in [0.2, 0.25) is 11.8 Å². The van der Waals surface area contributed by atoms with Gasteiger partial charge in [-0.05, 0) is 37.0 Å². The molecule has 2 heterocycles. The summed E-state index contributed by atoms with van der Waals surface area (Å²) >= 11 is 0. The number of hydrogen-bond donors (Lipinski definition) is 0. The van der Waals surface area contributed by atoms with E-state index in [0.717, 1.165) is 25.9 Å². The first kappa shape index (κ1) is 16.9. The first-order valence-corrected chi connectivity index (χ1v) is 8.88. The van der Waals surface area contributed by atoms with Crippen molar-refractivity contribution in [2.24, 2.45) is 5.92 Å². The van der Waals surface area contributed by atoms with E-state index in [1.54, 1.807) is 18.0 Å². The molecule has 0 unspecified atom stereocenters. The van der Waals surface area contributed by atoms with Gasteiger partial charge >= 0.3 is 0 Å². The average molecular weight is 332 g/mol. The van der Waals surface area contributed by atoms with Gasteiger partial charge in [0, 0.05) is 26.6 Å². The van der Waals surface area contributed by atoms with Gasteiger partial charge in [0.1, 0.15) is 5.82 Å². The largest absolute Gasteiger partial charge is 0.342 e. The number of carbonyl (C=O) groups excluding carboxylic acids is 2. The molecule has 0 bridgehead atoms. The molecule has 2 aliphatic rings. The number of likely N-dealkylation sites (tertiary alicyclic amines) is 2. The van der Waals surface area contributed by atoms with Gasteiger partial charge in [-0.1, -0.05) is 25.0 Å². The topological polar surface area (TPSA) is 40.6 Å². The molecule has 2 fully saturated rings. The predicted molar refractivity (Wildman–Crippen MR) is 89.7 cm³/mol. The van der Waals surface area contributed by atoms with Crippen molar-refractivity contribution in [1.29, 1.82) is 0 Å². The fourth-order valence-corrected chi connectivity index (χ4v) is 3.97. The third-order valence-electron chi connectivity index (χ3n) is 5.29. The SMILES string of the molecule is CN1C(=O)CC[C@H](C(=O)N2CCCCCC2)[C@H]1c1cccc(F)c1. The Morgan fingerprint density at radius 1 is 1.17 bits per heavy atom. The molecule has 130 valence electrons. The van der Waals surface area contributed by atoms with E-state index in [0.29, 0.717) is 18.4 Å². The number of amides is 2. The van der Waals surface area contributed by atoms with E-state index in [1.165, 1.54) is 25.0 Å². The molecule has 24 heavy (non-hydrogen) atoms. The lowest BCUT2D eigenvalue weighted by Crippen LogP contribution is -2.47. The lowest BCUT2D eigenvalue weighted by atomic mass is 9.83. The van der Waals surface area contributed by atoms with Crippen LogP contribution < -0.4 is 0 Å². The van der Waals surface area contributed by atoms with Crippen molar-refractivity contribution in [3.05, 3.63) is 35.6 Å². The second-order valence-electron chi connectivity index (χ2n) is 6.89. The highest BCUT2D eigenvalue weighted by Gasteiger charge is 2.40. The van der Waals surface area contributed by atoms with Crippen molar-refractivity contribution in [2.75, 3.05) is 20.1 Å². The van der Waals surface area contributed by atoms with Gasteiger partial charge in [-0.3, -0.25) is 9.59 Å². The Bertz CT molecular complexity index is 611. The quantitative estimate of drug-likeness (QED) is 0.835. The summed E-state index contributed by atoms with van der Waals surface area (Å²) in [5.74, 6) is -0.484. The van der Waals surface area contributed by atoms with Crippen LogP contribution in [0.3, 0.4) is 0 Å². The van der Waals surface area contributed by atoms with E-state index in [9.17, 15) is 14.0 Å². The summed E-state index contributed by atoms with van der Waals surface area (Å²) in [6.07, 6.45) is 5.34. The first-order chi connectivity index (χ1) is 11.6. The van der Waals surface area contributed by atoms with Crippen molar-refractivity contribution >= 4 is 11.8 Å². The number of hydrogen-bond acceptors (Lipinski definition) is 2. The molecule has 0 radical (unpaired) electrons. The van der Waals surface area contributed by atoms with Crippen LogP contribution in [0.1, 0.15) is 50.1 Å². The fourth-order valence-electron chi connectivity index (χ4n) is 3.97. The van der Waals surface area contributed by atoms with E-state index >= 15 is 0 Å². The molecule has 2 aliphatic heterocycles. The summed E-state index contributed by atoms with van der Waals surface area (Å²) in [6, 6.07) is 5.91. The summed E-state index contributed by atoms with van der Waals surface area (Å²) in [5, 5.41) is 0. The molecule has 3 rings (SSSR count). The molecule has 5 heteroatoms. The molecule has 0 aliphatic carbocycles. The highest BCUT2D eigenvalue weighted by Crippen LogP contribution is 2.37. The van der Waals surface area contributed by atoms with Crippen molar-refractivity contribution in [3.63, 3.8) is 0 Å². The number of benzene rings is 1. The summed E-state index contributed by atoms with van der Waals surface area (Å²) in [4.78, 5) is 28.9. The van der Waals surface area contributed by atoms with Crippen molar-refractivity contribution < 1.29 is 14.0 Å². The molecule has 2 amide bonds. The Kier molecular flexibility index (Phi) is 5.17. The lowest BCUT2D eigenvalue weighted by Gasteiger charge is -2.40. The molecule has 1 aromatic rings. The summed E-state index contributed by atoms with van der Waals surface area (Å²) in [6.45, 7) is 1.59. The minimum absolute atomic E-state index is 0.0178. The summed E-state index contributed by atoms with van der Waals surface area (Å²) in [5.41, 5.74) is 0.707. The Hall–Kier alpha value is -1.91. The van der Waals surface area contributed by atoms with Gasteiger partial charge in [0.25, 0.3) is 0 Å². The zero-order chi connectivity index (χ0) is 17.1. The van der Waals surface area contributed by atoms with Crippen LogP contribution in [0, 0.1) is 11.7 Å². The number of carbonyl (C=O) groups is 2. The molecule has 0 N–H and O–H groups in total. The standard InChI is InChI=1S/C19H25FN2O2/c1-21-17(23)10-9-16(18(21)14-7-6-8-15(20)13-14)19(24)22-11-4-2-3-5-12-22/h6-8,13,16,18H,2-5,9-12H2,1H3/t16-,18+/m0/s1. The summed E-state index contributed by atoms with van der Waals surface area (Å²) in [7, 11) is 1.72. The monoisotopic (exact) mass is 332 g/mol. The zero-order valence-electron chi connectivity index (χ0n) is 14.2. The second kappa shape index (κ2) is 7.32.